The van der Waals surface area contributed by atoms with Crippen LogP contribution in [0.25, 0.3) is 0 Å². The smallest absolute Gasteiger partial charge is 0.173 e. The number of halogens is 3. The van der Waals surface area contributed by atoms with Gasteiger partial charge in [0.1, 0.15) is 6.10 Å². The van der Waals surface area contributed by atoms with E-state index in [9.17, 15) is 8.78 Å². The fourth-order valence-corrected chi connectivity index (χ4v) is 1.32. The molecule has 12 heavy (non-hydrogen) atoms. The lowest BCUT2D eigenvalue weighted by molar-refractivity contribution is 0.401. The van der Waals surface area contributed by atoms with Crippen LogP contribution >= 0.6 is 15.9 Å². The first-order valence-corrected chi connectivity index (χ1v) is 4.24. The van der Waals surface area contributed by atoms with Crippen molar-refractivity contribution >= 4 is 15.9 Å². The Morgan fingerprint density at radius 3 is 2.58 bits per heavy atom. The fourth-order valence-electron chi connectivity index (χ4n) is 1.02. The summed E-state index contributed by atoms with van der Waals surface area (Å²) in [5.41, 5.74) is 0.302. The van der Waals surface area contributed by atoms with E-state index < -0.39 is 11.6 Å². The Bertz CT molecular complexity index is 323. The zero-order valence-electron chi connectivity index (χ0n) is 5.98. The molecule has 1 aliphatic heterocycles. The molecule has 1 atom stereocenters. The van der Waals surface area contributed by atoms with E-state index in [1.54, 1.807) is 0 Å². The van der Waals surface area contributed by atoms with Gasteiger partial charge in [-0.05, 0) is 22.0 Å². The number of hydrogen-bond acceptors (Lipinski definition) is 1. The van der Waals surface area contributed by atoms with Gasteiger partial charge in [-0.25, -0.2) is 8.78 Å². The summed E-state index contributed by atoms with van der Waals surface area (Å²) in [5, 5.41) is 0. The van der Waals surface area contributed by atoms with Crippen LogP contribution in [0, 0.1) is 11.6 Å². The first-order chi connectivity index (χ1) is 5.70. The second kappa shape index (κ2) is 2.78. The first-order valence-electron chi connectivity index (χ1n) is 3.45. The molecule has 1 aromatic rings. The van der Waals surface area contributed by atoms with Crippen molar-refractivity contribution in [3.05, 3.63) is 33.8 Å². The summed E-state index contributed by atoms with van der Waals surface area (Å²) in [6.07, 6.45) is -0.243. The van der Waals surface area contributed by atoms with Gasteiger partial charge in [0.25, 0.3) is 0 Å². The molecule has 0 aromatic heterocycles. The Labute approximate surface area is 76.5 Å². The second-order valence-electron chi connectivity index (χ2n) is 2.59. The summed E-state index contributed by atoms with van der Waals surface area (Å²) in [5.74, 6) is -1.66. The SMILES string of the molecule is Fc1c(Br)ccc([C@H]2CO2)c1F. The van der Waals surface area contributed by atoms with Gasteiger partial charge < -0.3 is 4.74 Å². The predicted molar refractivity (Wildman–Crippen MR) is 42.8 cm³/mol. The molecule has 0 bridgehead atoms. The molecule has 1 aliphatic rings. The monoisotopic (exact) mass is 234 g/mol. The third-order valence-corrected chi connectivity index (χ3v) is 2.36. The molecule has 1 saturated heterocycles. The van der Waals surface area contributed by atoms with E-state index in [2.05, 4.69) is 15.9 Å². The Morgan fingerprint density at radius 1 is 1.33 bits per heavy atom. The predicted octanol–water partition coefficient (Wildman–Crippen LogP) is 2.80. The minimum atomic E-state index is -0.844. The molecule has 2 rings (SSSR count). The summed E-state index contributed by atoms with van der Waals surface area (Å²) >= 11 is 2.89. The van der Waals surface area contributed by atoms with E-state index in [0.29, 0.717) is 12.2 Å². The van der Waals surface area contributed by atoms with Crippen molar-refractivity contribution in [2.45, 2.75) is 6.10 Å². The molecule has 0 aliphatic carbocycles. The van der Waals surface area contributed by atoms with E-state index in [1.807, 2.05) is 0 Å². The van der Waals surface area contributed by atoms with Gasteiger partial charge in [0, 0.05) is 5.56 Å². The highest BCUT2D eigenvalue weighted by Crippen LogP contribution is 2.34. The normalized spacial score (nSPS) is 21.1. The molecule has 0 spiro atoms. The van der Waals surface area contributed by atoms with Crippen molar-refractivity contribution in [3.63, 3.8) is 0 Å². The summed E-state index contributed by atoms with van der Waals surface area (Å²) in [7, 11) is 0. The van der Waals surface area contributed by atoms with Gasteiger partial charge >= 0.3 is 0 Å². The van der Waals surface area contributed by atoms with E-state index in [-0.39, 0.29) is 10.6 Å². The van der Waals surface area contributed by atoms with Gasteiger partial charge in [-0.1, -0.05) is 6.07 Å². The highest BCUT2D eigenvalue weighted by Gasteiger charge is 2.29. The molecule has 4 heteroatoms. The lowest BCUT2D eigenvalue weighted by Gasteiger charge is -2.00. The zero-order chi connectivity index (χ0) is 8.72. The Hall–Kier alpha value is -0.480. The number of ether oxygens (including phenoxy) is 1. The van der Waals surface area contributed by atoms with Gasteiger partial charge in [0.2, 0.25) is 0 Å². The number of rotatable bonds is 1. The van der Waals surface area contributed by atoms with Crippen LogP contribution in [0.2, 0.25) is 0 Å². The molecule has 0 N–H and O–H groups in total. The molecular formula is C8H5BrF2O. The molecule has 1 fully saturated rings. The summed E-state index contributed by atoms with van der Waals surface area (Å²) in [6, 6.07) is 3.01. The van der Waals surface area contributed by atoms with Crippen LogP contribution in [-0.2, 0) is 4.74 Å². The van der Waals surface area contributed by atoms with Crippen molar-refractivity contribution in [2.24, 2.45) is 0 Å². The molecule has 0 unspecified atom stereocenters. The molecule has 1 aromatic carbocycles. The molecule has 0 saturated carbocycles. The van der Waals surface area contributed by atoms with Gasteiger partial charge in [0.15, 0.2) is 11.6 Å². The van der Waals surface area contributed by atoms with Crippen LogP contribution < -0.4 is 0 Å². The maximum Gasteiger partial charge on any atom is 0.173 e. The van der Waals surface area contributed by atoms with Gasteiger partial charge in [0.05, 0.1) is 11.1 Å². The maximum atomic E-state index is 13.1. The Balaban J connectivity index is 2.49. The molecule has 1 heterocycles. The quantitative estimate of drug-likeness (QED) is 0.538. The lowest BCUT2D eigenvalue weighted by atomic mass is 10.1. The fraction of sp³-hybridized carbons (Fsp3) is 0.250. The first kappa shape index (κ1) is 8.13. The van der Waals surface area contributed by atoms with Gasteiger partial charge in [-0.2, -0.15) is 0 Å². The van der Waals surface area contributed by atoms with E-state index in [4.69, 9.17) is 4.74 Å². The van der Waals surface area contributed by atoms with Crippen molar-refractivity contribution in [2.75, 3.05) is 6.61 Å². The van der Waals surface area contributed by atoms with Crippen molar-refractivity contribution < 1.29 is 13.5 Å². The van der Waals surface area contributed by atoms with Crippen LogP contribution in [0.15, 0.2) is 16.6 Å². The second-order valence-corrected chi connectivity index (χ2v) is 3.44. The summed E-state index contributed by atoms with van der Waals surface area (Å²) < 4.78 is 31.0. The molecule has 1 nitrogen and oxygen atoms in total. The number of epoxide rings is 1. The van der Waals surface area contributed by atoms with Crippen LogP contribution in [-0.4, -0.2) is 6.61 Å². The van der Waals surface area contributed by atoms with E-state index in [0.717, 1.165) is 0 Å². The Morgan fingerprint density at radius 2 is 2.00 bits per heavy atom. The van der Waals surface area contributed by atoms with Gasteiger partial charge in [-0.15, -0.1) is 0 Å². The van der Waals surface area contributed by atoms with Crippen molar-refractivity contribution in [1.29, 1.82) is 0 Å². The van der Waals surface area contributed by atoms with E-state index in [1.165, 1.54) is 12.1 Å². The minimum absolute atomic E-state index is 0.143. The van der Waals surface area contributed by atoms with Gasteiger partial charge in [-0.3, -0.25) is 0 Å². The van der Waals surface area contributed by atoms with Crippen LogP contribution in [0.4, 0.5) is 8.78 Å². The molecule has 0 amide bonds. The van der Waals surface area contributed by atoms with Crippen LogP contribution in [0.1, 0.15) is 11.7 Å². The van der Waals surface area contributed by atoms with E-state index >= 15 is 0 Å². The molecule has 0 radical (unpaired) electrons. The van der Waals surface area contributed by atoms with Crippen molar-refractivity contribution in [3.8, 4) is 0 Å². The van der Waals surface area contributed by atoms with Crippen LogP contribution in [0.3, 0.4) is 0 Å². The Kier molecular flexibility index (Phi) is 1.88. The average Bonchev–Trinajstić information content (AvgIpc) is 2.84. The zero-order valence-corrected chi connectivity index (χ0v) is 7.57. The van der Waals surface area contributed by atoms with Crippen LogP contribution in [0.5, 0.6) is 0 Å². The maximum absolute atomic E-state index is 13.1. The lowest BCUT2D eigenvalue weighted by Crippen LogP contribution is -1.93. The van der Waals surface area contributed by atoms with Crippen molar-refractivity contribution in [1.82, 2.24) is 0 Å². The third kappa shape index (κ3) is 1.25. The highest BCUT2D eigenvalue weighted by atomic mass is 79.9. The minimum Gasteiger partial charge on any atom is -0.368 e. The molecular weight excluding hydrogens is 230 g/mol. The summed E-state index contributed by atoms with van der Waals surface area (Å²) in [4.78, 5) is 0. The highest BCUT2D eigenvalue weighted by molar-refractivity contribution is 9.10. The number of benzene rings is 1. The third-order valence-electron chi connectivity index (χ3n) is 1.75. The largest absolute Gasteiger partial charge is 0.368 e. The number of hydrogen-bond donors (Lipinski definition) is 0. The summed E-state index contributed by atoms with van der Waals surface area (Å²) in [6.45, 7) is 0.484. The average molecular weight is 235 g/mol. The standard InChI is InChI=1S/C8H5BrF2O/c9-5-2-1-4(6-3-12-6)7(10)8(5)11/h1-2,6H,3H2/t6-/m1/s1. The molecule has 64 valence electrons. The topological polar surface area (TPSA) is 12.5 Å².